The van der Waals surface area contributed by atoms with Crippen LogP contribution in [-0.4, -0.2) is 46.6 Å². The predicted octanol–water partition coefficient (Wildman–Crippen LogP) is 3.56. The maximum Gasteiger partial charge on any atom is 0.317 e. The van der Waals surface area contributed by atoms with Gasteiger partial charge in [-0.3, -0.25) is 0 Å². The Morgan fingerprint density at radius 3 is 3.10 bits per heavy atom. The highest BCUT2D eigenvalue weighted by molar-refractivity contribution is 7.99. The van der Waals surface area contributed by atoms with Gasteiger partial charge in [0, 0.05) is 42.4 Å². The monoisotopic (exact) mass is 327 g/mol. The summed E-state index contributed by atoms with van der Waals surface area (Å²) in [7, 11) is 1.87. The van der Waals surface area contributed by atoms with Crippen LogP contribution in [0.25, 0.3) is 0 Å². The molecule has 3 unspecified atom stereocenters. The first-order chi connectivity index (χ1) is 10.1. The van der Waals surface area contributed by atoms with E-state index in [9.17, 15) is 4.79 Å². The van der Waals surface area contributed by atoms with Crippen molar-refractivity contribution in [3.63, 3.8) is 0 Å². The summed E-state index contributed by atoms with van der Waals surface area (Å²) < 4.78 is 0. The van der Waals surface area contributed by atoms with Gasteiger partial charge >= 0.3 is 6.03 Å². The number of amides is 2. The fourth-order valence-electron chi connectivity index (χ4n) is 2.79. The van der Waals surface area contributed by atoms with Crippen LogP contribution in [-0.2, 0) is 0 Å². The molecule has 0 saturated heterocycles. The quantitative estimate of drug-likeness (QED) is 0.869. The minimum Gasteiger partial charge on any atom is -0.335 e. The second-order valence-electron chi connectivity index (χ2n) is 5.69. The van der Waals surface area contributed by atoms with Crippen LogP contribution in [0.2, 0.25) is 0 Å². The maximum absolute atomic E-state index is 12.3. The Balaban J connectivity index is 1.75. The smallest absolute Gasteiger partial charge is 0.317 e. The van der Waals surface area contributed by atoms with Crippen LogP contribution in [0.4, 0.5) is 4.79 Å². The van der Waals surface area contributed by atoms with E-state index in [1.165, 1.54) is 6.42 Å². The lowest BCUT2D eigenvalue weighted by atomic mass is 10.2. The number of carbonyl (C=O) groups excluding carboxylic acids is 1. The fourth-order valence-corrected chi connectivity index (χ4v) is 4.63. The number of rotatable bonds is 6. The normalized spacial score (nSPS) is 23.0. The molecule has 1 fully saturated rings. The van der Waals surface area contributed by atoms with E-state index in [4.69, 9.17) is 0 Å². The van der Waals surface area contributed by atoms with Crippen LogP contribution in [0, 0.1) is 0 Å². The molecule has 0 aliphatic heterocycles. The molecule has 1 aromatic rings. The van der Waals surface area contributed by atoms with Gasteiger partial charge in [0.25, 0.3) is 0 Å². The van der Waals surface area contributed by atoms with Crippen molar-refractivity contribution in [2.24, 2.45) is 0 Å². The van der Waals surface area contributed by atoms with Gasteiger partial charge < -0.3 is 10.2 Å². The van der Waals surface area contributed by atoms with Gasteiger partial charge in [-0.15, -0.1) is 11.3 Å². The van der Waals surface area contributed by atoms with Gasteiger partial charge in [-0.1, -0.05) is 13.8 Å². The highest BCUT2D eigenvalue weighted by Gasteiger charge is 2.27. The summed E-state index contributed by atoms with van der Waals surface area (Å²) in [5.74, 6) is 1.45. The molecule has 0 bridgehead atoms. The number of nitrogens with zero attached hydrogens (tertiary/aromatic N) is 2. The van der Waals surface area contributed by atoms with E-state index in [2.05, 4.69) is 24.1 Å². The molecule has 0 aromatic carbocycles. The van der Waals surface area contributed by atoms with Crippen molar-refractivity contribution < 1.29 is 4.79 Å². The summed E-state index contributed by atoms with van der Waals surface area (Å²) >= 11 is 3.67. The third-order valence-electron chi connectivity index (χ3n) is 3.88. The Hall–Kier alpha value is -0.750. The zero-order valence-electron chi connectivity index (χ0n) is 13.0. The molecule has 1 aromatic heterocycles. The minimum atomic E-state index is 0.0468. The zero-order chi connectivity index (χ0) is 15.2. The lowest BCUT2D eigenvalue weighted by Gasteiger charge is -2.23. The van der Waals surface area contributed by atoms with E-state index in [1.807, 2.05) is 30.4 Å². The zero-order valence-corrected chi connectivity index (χ0v) is 14.7. The van der Waals surface area contributed by atoms with Gasteiger partial charge in [0.05, 0.1) is 5.01 Å². The third-order valence-corrected chi connectivity index (χ3v) is 6.12. The molecular formula is C15H25N3OS2. The van der Waals surface area contributed by atoms with Crippen molar-refractivity contribution in [1.82, 2.24) is 15.2 Å². The Morgan fingerprint density at radius 1 is 1.62 bits per heavy atom. The Bertz CT molecular complexity index is 438. The van der Waals surface area contributed by atoms with Crippen molar-refractivity contribution >= 4 is 29.1 Å². The van der Waals surface area contributed by atoms with Crippen molar-refractivity contribution in [3.8, 4) is 0 Å². The second kappa shape index (κ2) is 8.03. The molecule has 0 spiro atoms. The molecule has 6 heteroatoms. The van der Waals surface area contributed by atoms with Gasteiger partial charge in [0.2, 0.25) is 0 Å². The first-order valence-corrected chi connectivity index (χ1v) is 9.55. The van der Waals surface area contributed by atoms with E-state index < -0.39 is 0 Å². The van der Waals surface area contributed by atoms with Crippen molar-refractivity contribution in [3.05, 3.63) is 16.6 Å². The summed E-state index contributed by atoms with van der Waals surface area (Å²) in [5.41, 5.74) is 0. The molecule has 1 aliphatic carbocycles. The van der Waals surface area contributed by atoms with Crippen molar-refractivity contribution in [2.45, 2.75) is 50.3 Å². The summed E-state index contributed by atoms with van der Waals surface area (Å²) in [5, 5.41) is 6.97. The molecule has 21 heavy (non-hydrogen) atoms. The van der Waals surface area contributed by atoms with Crippen LogP contribution in [0.1, 0.15) is 44.0 Å². The molecule has 2 amide bonds. The molecule has 2 rings (SSSR count). The average Bonchev–Trinajstić information content (AvgIpc) is 3.10. The number of nitrogens with one attached hydrogen (secondary N) is 1. The van der Waals surface area contributed by atoms with Crippen LogP contribution in [0.3, 0.4) is 0 Å². The topological polar surface area (TPSA) is 45.2 Å². The number of thiazole rings is 1. The van der Waals surface area contributed by atoms with Gasteiger partial charge in [-0.25, -0.2) is 9.78 Å². The molecule has 118 valence electrons. The molecule has 1 N–H and O–H groups in total. The van der Waals surface area contributed by atoms with Crippen LogP contribution in [0.15, 0.2) is 11.6 Å². The molecular weight excluding hydrogens is 302 g/mol. The van der Waals surface area contributed by atoms with Crippen LogP contribution < -0.4 is 5.32 Å². The summed E-state index contributed by atoms with van der Waals surface area (Å²) in [6.07, 6.45) is 5.27. The Morgan fingerprint density at radius 2 is 2.43 bits per heavy atom. The number of hydrogen-bond donors (Lipinski definition) is 1. The first kappa shape index (κ1) is 16.6. The number of aromatic nitrogens is 1. The lowest BCUT2D eigenvalue weighted by molar-refractivity contribution is 0.202. The van der Waals surface area contributed by atoms with Crippen LogP contribution >= 0.6 is 23.1 Å². The van der Waals surface area contributed by atoms with Crippen molar-refractivity contribution in [2.75, 3.05) is 19.3 Å². The summed E-state index contributed by atoms with van der Waals surface area (Å²) in [6.45, 7) is 5.02. The largest absolute Gasteiger partial charge is 0.335 e. The van der Waals surface area contributed by atoms with E-state index in [0.717, 1.165) is 28.9 Å². The lowest BCUT2D eigenvalue weighted by Crippen LogP contribution is -2.43. The van der Waals surface area contributed by atoms with E-state index in [0.29, 0.717) is 12.6 Å². The molecule has 0 radical (unpaired) electrons. The highest BCUT2D eigenvalue weighted by Crippen LogP contribution is 2.29. The van der Waals surface area contributed by atoms with Crippen LogP contribution in [0.5, 0.6) is 0 Å². The number of likely N-dealkylation sites (N-methyl/N-ethyl adjacent to an activating group) is 1. The Kier molecular flexibility index (Phi) is 6.36. The average molecular weight is 328 g/mol. The van der Waals surface area contributed by atoms with Gasteiger partial charge in [-0.2, -0.15) is 11.8 Å². The summed E-state index contributed by atoms with van der Waals surface area (Å²) in [4.78, 5) is 18.4. The number of urea groups is 1. The van der Waals surface area contributed by atoms with Gasteiger partial charge in [-0.05, 0) is 25.0 Å². The molecule has 4 nitrogen and oxygen atoms in total. The fraction of sp³-hybridized carbons (Fsp3) is 0.733. The highest BCUT2D eigenvalue weighted by atomic mass is 32.2. The standard InChI is InChI=1S/C15H25N3OS2/c1-4-20-13-6-5-12(9-13)17-15(19)18(3)10-11(2)14-16-7-8-21-14/h7-8,11-13H,4-6,9-10H2,1-3H3,(H,17,19). The van der Waals surface area contributed by atoms with E-state index in [-0.39, 0.29) is 11.9 Å². The third kappa shape index (κ3) is 4.88. The van der Waals surface area contributed by atoms with Gasteiger partial charge in [0.1, 0.15) is 0 Å². The number of thioether (sulfide) groups is 1. The SMILES string of the molecule is CCSC1CCC(NC(=O)N(C)CC(C)c2nccs2)C1. The van der Waals surface area contributed by atoms with Crippen molar-refractivity contribution in [1.29, 1.82) is 0 Å². The van der Waals surface area contributed by atoms with E-state index in [1.54, 1.807) is 16.2 Å². The number of hydrogen-bond acceptors (Lipinski definition) is 4. The first-order valence-electron chi connectivity index (χ1n) is 7.62. The maximum atomic E-state index is 12.3. The summed E-state index contributed by atoms with van der Waals surface area (Å²) in [6, 6.07) is 0.393. The Labute approximate surface area is 135 Å². The van der Waals surface area contributed by atoms with Gasteiger partial charge in [0.15, 0.2) is 0 Å². The molecule has 1 saturated carbocycles. The van der Waals surface area contributed by atoms with E-state index >= 15 is 0 Å². The predicted molar refractivity (Wildman–Crippen MR) is 91.2 cm³/mol. The second-order valence-corrected chi connectivity index (χ2v) is 8.19. The molecule has 1 heterocycles. The molecule has 3 atom stereocenters. The minimum absolute atomic E-state index is 0.0468. The molecule has 1 aliphatic rings. The number of carbonyl (C=O) groups is 1.